The van der Waals surface area contributed by atoms with Gasteiger partial charge in [-0.25, -0.2) is 23.1 Å². The molecular weight excluding hydrogens is 496 g/mol. The van der Waals surface area contributed by atoms with E-state index in [1.165, 1.54) is 29.5 Å². The van der Waals surface area contributed by atoms with Crippen LogP contribution in [0.3, 0.4) is 0 Å². The highest BCUT2D eigenvalue weighted by Gasteiger charge is 2.24. The van der Waals surface area contributed by atoms with Crippen molar-refractivity contribution in [1.82, 2.24) is 14.7 Å². The molecule has 36 heavy (non-hydrogen) atoms. The largest absolute Gasteiger partial charge is 0.336 e. The van der Waals surface area contributed by atoms with Crippen molar-refractivity contribution >= 4 is 33.5 Å². The Hall–Kier alpha value is -3.75. The third-order valence-electron chi connectivity index (χ3n) is 6.05. The van der Waals surface area contributed by atoms with Gasteiger partial charge in [0.2, 0.25) is 5.95 Å². The lowest BCUT2D eigenvalue weighted by Crippen LogP contribution is -2.34. The number of amides is 1. The number of carbonyl (C=O) groups is 1. The molecule has 0 saturated carbocycles. The van der Waals surface area contributed by atoms with Crippen LogP contribution >= 0.6 is 11.6 Å². The van der Waals surface area contributed by atoms with Crippen molar-refractivity contribution in [2.24, 2.45) is 0 Å². The van der Waals surface area contributed by atoms with Crippen molar-refractivity contribution < 1.29 is 13.2 Å². The Morgan fingerprint density at radius 2 is 1.72 bits per heavy atom. The molecule has 0 fully saturated rings. The van der Waals surface area contributed by atoms with Gasteiger partial charge in [0.1, 0.15) is 0 Å². The SMILES string of the molecule is O=C(NS(=O)(=O)c1ccccc1)c1cnc(N2CCc3ccccc3C2)nc1Cc1cccc(Cl)c1. The summed E-state index contributed by atoms with van der Waals surface area (Å²) in [7, 11) is -4.05. The van der Waals surface area contributed by atoms with E-state index in [1.54, 1.807) is 30.3 Å². The third kappa shape index (κ3) is 5.24. The molecule has 0 saturated heterocycles. The molecule has 0 bridgehead atoms. The number of benzene rings is 3. The molecule has 182 valence electrons. The second kappa shape index (κ2) is 10.1. The molecule has 0 spiro atoms. The second-order valence-corrected chi connectivity index (χ2v) is 10.6. The maximum Gasteiger partial charge on any atom is 0.268 e. The van der Waals surface area contributed by atoms with Crippen molar-refractivity contribution in [3.05, 3.63) is 118 Å². The fourth-order valence-corrected chi connectivity index (χ4v) is 5.43. The van der Waals surface area contributed by atoms with Gasteiger partial charge in [-0.3, -0.25) is 4.79 Å². The highest BCUT2D eigenvalue weighted by Crippen LogP contribution is 2.24. The Morgan fingerprint density at radius 3 is 2.50 bits per heavy atom. The smallest absolute Gasteiger partial charge is 0.268 e. The van der Waals surface area contributed by atoms with Gasteiger partial charge in [-0.2, -0.15) is 0 Å². The summed E-state index contributed by atoms with van der Waals surface area (Å²) in [4.78, 5) is 24.4. The molecule has 2 heterocycles. The van der Waals surface area contributed by atoms with Gasteiger partial charge in [-0.15, -0.1) is 0 Å². The number of halogens is 1. The summed E-state index contributed by atoms with van der Waals surface area (Å²) in [6.45, 7) is 1.39. The summed E-state index contributed by atoms with van der Waals surface area (Å²) in [6.07, 6.45) is 2.55. The van der Waals surface area contributed by atoms with Crippen LogP contribution in [-0.2, 0) is 29.4 Å². The minimum absolute atomic E-state index is 0.000684. The summed E-state index contributed by atoms with van der Waals surface area (Å²) in [6, 6.07) is 23.3. The van der Waals surface area contributed by atoms with Crippen LogP contribution in [0.1, 0.15) is 32.7 Å². The Labute approximate surface area is 214 Å². The molecule has 0 aliphatic carbocycles. The van der Waals surface area contributed by atoms with Crippen molar-refractivity contribution in [2.45, 2.75) is 24.3 Å². The summed E-state index contributed by atoms with van der Waals surface area (Å²) in [5, 5.41) is 0.562. The molecule has 9 heteroatoms. The molecule has 5 rings (SSSR count). The number of hydrogen-bond donors (Lipinski definition) is 1. The minimum Gasteiger partial charge on any atom is -0.336 e. The van der Waals surface area contributed by atoms with Crippen molar-refractivity contribution in [3.63, 3.8) is 0 Å². The fourth-order valence-electron chi connectivity index (χ4n) is 4.23. The highest BCUT2D eigenvalue weighted by atomic mass is 35.5. The van der Waals surface area contributed by atoms with Gasteiger partial charge < -0.3 is 4.90 Å². The molecule has 0 radical (unpaired) electrons. The predicted octanol–water partition coefficient (Wildman–Crippen LogP) is 4.40. The highest BCUT2D eigenvalue weighted by molar-refractivity contribution is 7.90. The van der Waals surface area contributed by atoms with Crippen LogP contribution in [0, 0.1) is 0 Å². The van der Waals surface area contributed by atoms with E-state index < -0.39 is 15.9 Å². The van der Waals surface area contributed by atoms with Crippen LogP contribution in [0.5, 0.6) is 0 Å². The number of nitrogens with one attached hydrogen (secondary N) is 1. The van der Waals surface area contributed by atoms with Crippen LogP contribution in [-0.4, -0.2) is 30.8 Å². The first-order valence-corrected chi connectivity index (χ1v) is 13.3. The van der Waals surface area contributed by atoms with E-state index in [0.29, 0.717) is 23.2 Å². The van der Waals surface area contributed by atoms with E-state index in [2.05, 4.69) is 26.7 Å². The molecule has 1 amide bonds. The number of fused-ring (bicyclic) bond motifs is 1. The van der Waals surface area contributed by atoms with Crippen LogP contribution < -0.4 is 9.62 Å². The Bertz CT molecular complexity index is 1530. The minimum atomic E-state index is -4.05. The molecule has 1 aromatic heterocycles. The van der Waals surface area contributed by atoms with Gasteiger partial charge >= 0.3 is 0 Å². The number of carbonyl (C=O) groups excluding carboxylic acids is 1. The van der Waals surface area contributed by atoms with Gasteiger partial charge in [-0.1, -0.05) is 66.2 Å². The summed E-state index contributed by atoms with van der Waals surface area (Å²) in [5.74, 6) is -0.296. The standard InChI is InChI=1S/C27H23ClN4O3S/c28-22-10-6-7-19(15-22)16-25-24(26(33)31-36(34,35)23-11-2-1-3-12-23)17-29-27(30-25)32-14-13-20-8-4-5-9-21(20)18-32/h1-12,15,17H,13-14,16,18H2,(H,31,33). The second-order valence-electron chi connectivity index (χ2n) is 8.53. The number of rotatable bonds is 6. The third-order valence-corrected chi connectivity index (χ3v) is 7.64. The molecule has 3 aromatic carbocycles. The van der Waals surface area contributed by atoms with E-state index in [1.807, 2.05) is 24.3 Å². The zero-order chi connectivity index (χ0) is 25.1. The van der Waals surface area contributed by atoms with Gasteiger partial charge in [0.25, 0.3) is 15.9 Å². The van der Waals surface area contributed by atoms with E-state index in [0.717, 1.165) is 18.5 Å². The molecule has 1 aliphatic heterocycles. The van der Waals surface area contributed by atoms with Crippen molar-refractivity contribution in [2.75, 3.05) is 11.4 Å². The van der Waals surface area contributed by atoms with Crippen LogP contribution in [0.25, 0.3) is 0 Å². The van der Waals surface area contributed by atoms with E-state index in [-0.39, 0.29) is 16.9 Å². The van der Waals surface area contributed by atoms with Crippen molar-refractivity contribution in [1.29, 1.82) is 0 Å². The number of aromatic nitrogens is 2. The topological polar surface area (TPSA) is 92.3 Å². The first kappa shape index (κ1) is 24.0. The zero-order valence-electron chi connectivity index (χ0n) is 19.3. The van der Waals surface area contributed by atoms with Crippen LogP contribution in [0.4, 0.5) is 5.95 Å². The molecule has 4 aromatic rings. The number of sulfonamides is 1. The lowest BCUT2D eigenvalue weighted by molar-refractivity contribution is 0.0980. The molecule has 1 N–H and O–H groups in total. The number of hydrogen-bond acceptors (Lipinski definition) is 6. The van der Waals surface area contributed by atoms with Crippen LogP contribution in [0.2, 0.25) is 5.02 Å². The Morgan fingerprint density at radius 1 is 0.972 bits per heavy atom. The maximum absolute atomic E-state index is 13.2. The van der Waals surface area contributed by atoms with E-state index in [9.17, 15) is 13.2 Å². The first-order valence-electron chi connectivity index (χ1n) is 11.4. The average molecular weight is 519 g/mol. The van der Waals surface area contributed by atoms with Gasteiger partial charge in [0.15, 0.2) is 0 Å². The van der Waals surface area contributed by atoms with Crippen LogP contribution in [0.15, 0.2) is 90.0 Å². The van der Waals surface area contributed by atoms with Crippen molar-refractivity contribution in [3.8, 4) is 0 Å². The summed E-state index contributed by atoms with van der Waals surface area (Å²) < 4.78 is 27.7. The Kier molecular flexibility index (Phi) is 6.71. The number of anilines is 1. The lowest BCUT2D eigenvalue weighted by Gasteiger charge is -2.29. The molecule has 1 aliphatic rings. The zero-order valence-corrected chi connectivity index (χ0v) is 20.8. The monoisotopic (exact) mass is 518 g/mol. The number of nitrogens with zero attached hydrogens (tertiary/aromatic N) is 3. The van der Waals surface area contributed by atoms with E-state index in [4.69, 9.17) is 16.6 Å². The molecular formula is C27H23ClN4O3S. The molecule has 0 unspecified atom stereocenters. The molecule has 0 atom stereocenters. The maximum atomic E-state index is 13.2. The summed E-state index contributed by atoms with van der Waals surface area (Å²) >= 11 is 6.17. The quantitative estimate of drug-likeness (QED) is 0.406. The normalized spacial score (nSPS) is 13.2. The first-order chi connectivity index (χ1) is 17.4. The predicted molar refractivity (Wildman–Crippen MR) is 139 cm³/mol. The fraction of sp³-hybridized carbons (Fsp3) is 0.148. The Balaban J connectivity index is 1.48. The van der Waals surface area contributed by atoms with Gasteiger partial charge in [0, 0.05) is 30.7 Å². The summed E-state index contributed by atoms with van der Waals surface area (Å²) in [5.41, 5.74) is 3.86. The molecule has 7 nitrogen and oxygen atoms in total. The van der Waals surface area contributed by atoms with Gasteiger partial charge in [-0.05, 0) is 47.4 Å². The van der Waals surface area contributed by atoms with E-state index >= 15 is 0 Å². The average Bonchev–Trinajstić information content (AvgIpc) is 2.88. The lowest BCUT2D eigenvalue weighted by atomic mass is 10.0. The van der Waals surface area contributed by atoms with Gasteiger partial charge in [0.05, 0.1) is 16.2 Å².